The summed E-state index contributed by atoms with van der Waals surface area (Å²) in [4.78, 5) is 26.7. The molecular weight excluding hydrogens is 350 g/mol. The second-order valence-corrected chi connectivity index (χ2v) is 8.40. The van der Waals surface area contributed by atoms with E-state index < -0.39 is 5.63 Å². The van der Waals surface area contributed by atoms with Crippen molar-refractivity contribution < 1.29 is 13.9 Å². The van der Waals surface area contributed by atoms with Gasteiger partial charge in [-0.25, -0.2) is 4.79 Å². The summed E-state index contributed by atoms with van der Waals surface area (Å²) >= 11 is 1.81. The lowest BCUT2D eigenvalue weighted by Crippen LogP contribution is -2.56. The van der Waals surface area contributed by atoms with Crippen molar-refractivity contribution >= 4 is 17.7 Å². The van der Waals surface area contributed by atoms with Crippen LogP contribution in [0.2, 0.25) is 0 Å². The molecule has 1 fully saturated rings. The Morgan fingerprint density at radius 1 is 1.27 bits per heavy atom. The van der Waals surface area contributed by atoms with Gasteiger partial charge in [-0.2, -0.15) is 0 Å². The van der Waals surface area contributed by atoms with E-state index in [0.717, 1.165) is 5.56 Å². The minimum atomic E-state index is -0.425. The second-order valence-electron chi connectivity index (χ2n) is 6.75. The summed E-state index contributed by atoms with van der Waals surface area (Å²) in [7, 11) is 0. The first-order valence-electron chi connectivity index (χ1n) is 8.71. The Balaban J connectivity index is 1.48. The minimum absolute atomic E-state index is 0.0787. The van der Waals surface area contributed by atoms with Crippen molar-refractivity contribution in [2.24, 2.45) is 0 Å². The fraction of sp³-hybridized carbons (Fsp3) is 0.400. The van der Waals surface area contributed by atoms with E-state index >= 15 is 0 Å². The zero-order valence-corrected chi connectivity index (χ0v) is 16.0. The number of aryl methyl sites for hydroxylation is 1. The summed E-state index contributed by atoms with van der Waals surface area (Å²) in [5.41, 5.74) is 0.593. The first-order chi connectivity index (χ1) is 12.4. The Morgan fingerprint density at radius 2 is 1.96 bits per heavy atom. The van der Waals surface area contributed by atoms with Gasteiger partial charge in [-0.1, -0.05) is 26.0 Å². The molecule has 3 rings (SSSR count). The molecule has 0 aliphatic carbocycles. The van der Waals surface area contributed by atoms with Crippen LogP contribution in [0.4, 0.5) is 0 Å². The third-order valence-electron chi connectivity index (χ3n) is 4.02. The predicted molar refractivity (Wildman–Crippen MR) is 102 cm³/mol. The van der Waals surface area contributed by atoms with Crippen LogP contribution in [-0.4, -0.2) is 35.3 Å². The summed E-state index contributed by atoms with van der Waals surface area (Å²) in [5, 5.41) is 0.542. The molecule has 138 valence electrons. The maximum atomic E-state index is 12.4. The van der Waals surface area contributed by atoms with E-state index in [2.05, 4.69) is 26.0 Å². The number of likely N-dealkylation sites (tertiary alicyclic amines) is 1. The number of ether oxygens (including phenoxy) is 1. The van der Waals surface area contributed by atoms with Gasteiger partial charge in [0, 0.05) is 16.2 Å². The summed E-state index contributed by atoms with van der Waals surface area (Å²) in [6.07, 6.45) is 0.317. The fourth-order valence-electron chi connectivity index (χ4n) is 2.80. The van der Waals surface area contributed by atoms with Gasteiger partial charge in [-0.15, -0.1) is 11.8 Å². The van der Waals surface area contributed by atoms with Crippen LogP contribution in [0.15, 0.2) is 50.5 Å². The average molecular weight is 373 g/mol. The van der Waals surface area contributed by atoms with Crippen molar-refractivity contribution in [2.45, 2.75) is 43.4 Å². The van der Waals surface area contributed by atoms with Crippen molar-refractivity contribution in [3.8, 4) is 5.75 Å². The van der Waals surface area contributed by atoms with Gasteiger partial charge in [-0.3, -0.25) is 4.79 Å². The fourth-order valence-corrected chi connectivity index (χ4v) is 3.63. The van der Waals surface area contributed by atoms with E-state index in [1.54, 1.807) is 17.9 Å². The zero-order chi connectivity index (χ0) is 18.7. The molecule has 0 unspecified atom stereocenters. The first kappa shape index (κ1) is 18.6. The number of benzene rings is 1. The van der Waals surface area contributed by atoms with E-state index in [-0.39, 0.29) is 12.0 Å². The van der Waals surface area contributed by atoms with E-state index in [1.807, 2.05) is 23.9 Å². The summed E-state index contributed by atoms with van der Waals surface area (Å²) in [6, 6.07) is 11.2. The molecule has 1 aromatic heterocycles. The molecule has 0 bridgehead atoms. The van der Waals surface area contributed by atoms with E-state index in [9.17, 15) is 9.59 Å². The van der Waals surface area contributed by atoms with Gasteiger partial charge in [0.1, 0.15) is 17.6 Å². The lowest BCUT2D eigenvalue weighted by molar-refractivity contribution is -0.139. The molecular formula is C20H23NO4S. The van der Waals surface area contributed by atoms with Crippen LogP contribution >= 0.6 is 11.8 Å². The molecule has 1 saturated heterocycles. The van der Waals surface area contributed by atoms with Crippen molar-refractivity contribution in [1.82, 2.24) is 4.90 Å². The van der Waals surface area contributed by atoms with Crippen molar-refractivity contribution in [3.63, 3.8) is 0 Å². The first-order valence-corrected chi connectivity index (χ1v) is 9.59. The normalized spacial score (nSPS) is 14.4. The van der Waals surface area contributed by atoms with Crippen molar-refractivity contribution in [3.05, 3.63) is 58.1 Å². The molecule has 1 aliphatic rings. The van der Waals surface area contributed by atoms with Gasteiger partial charge in [-0.05, 0) is 24.6 Å². The Morgan fingerprint density at radius 3 is 2.58 bits per heavy atom. The number of hydrogen-bond donors (Lipinski definition) is 0. The van der Waals surface area contributed by atoms with E-state index in [4.69, 9.17) is 9.15 Å². The predicted octanol–water partition coefficient (Wildman–Crippen LogP) is 3.28. The smallest absolute Gasteiger partial charge is 0.339 e. The van der Waals surface area contributed by atoms with Gasteiger partial charge in [0.15, 0.2) is 0 Å². The Labute approximate surface area is 157 Å². The van der Waals surface area contributed by atoms with Crippen LogP contribution < -0.4 is 10.4 Å². The Kier molecular flexibility index (Phi) is 5.71. The molecule has 5 nitrogen and oxygen atoms in total. The lowest BCUT2D eigenvalue weighted by atomic mass is 10.1. The number of hydrogen-bond acceptors (Lipinski definition) is 5. The standard InChI is InChI=1S/C20H23NO4S/c1-13(2)26-18-6-4-15(5-7-18)9-19(22)21-11-17(12-21)25-16-8-14(3)24-20(23)10-16/h4-8,10,13,17H,9,11-12H2,1-3H3. The van der Waals surface area contributed by atoms with Crippen LogP contribution in [0.3, 0.4) is 0 Å². The molecule has 1 aromatic carbocycles. The van der Waals surface area contributed by atoms with Gasteiger partial charge in [0.05, 0.1) is 25.6 Å². The number of carbonyl (C=O) groups is 1. The number of nitrogens with zero attached hydrogens (tertiary/aromatic N) is 1. The quantitative estimate of drug-likeness (QED) is 0.727. The molecule has 0 N–H and O–H groups in total. The highest BCUT2D eigenvalue weighted by Gasteiger charge is 2.32. The Hall–Kier alpha value is -2.21. The highest BCUT2D eigenvalue weighted by Crippen LogP contribution is 2.23. The Bertz CT molecular complexity index is 822. The van der Waals surface area contributed by atoms with Gasteiger partial charge in [0.2, 0.25) is 5.91 Å². The number of rotatable bonds is 6. The molecule has 2 aromatic rings. The number of thioether (sulfide) groups is 1. The van der Waals surface area contributed by atoms with Crippen LogP contribution in [0.25, 0.3) is 0 Å². The average Bonchev–Trinajstić information content (AvgIpc) is 2.51. The molecule has 1 amide bonds. The zero-order valence-electron chi connectivity index (χ0n) is 15.2. The highest BCUT2D eigenvalue weighted by molar-refractivity contribution is 7.99. The maximum Gasteiger partial charge on any atom is 0.339 e. The second kappa shape index (κ2) is 7.99. The van der Waals surface area contributed by atoms with Crippen LogP contribution in [-0.2, 0) is 11.2 Å². The van der Waals surface area contributed by atoms with Gasteiger partial charge >= 0.3 is 5.63 Å². The summed E-state index contributed by atoms with van der Waals surface area (Å²) in [5.74, 6) is 1.10. The highest BCUT2D eigenvalue weighted by atomic mass is 32.2. The maximum absolute atomic E-state index is 12.4. The molecule has 0 radical (unpaired) electrons. The monoisotopic (exact) mass is 373 g/mol. The molecule has 6 heteroatoms. The van der Waals surface area contributed by atoms with E-state index in [0.29, 0.717) is 36.3 Å². The molecule has 2 heterocycles. The minimum Gasteiger partial charge on any atom is -0.486 e. The summed E-state index contributed by atoms with van der Waals surface area (Å²) in [6.45, 7) is 7.11. The summed E-state index contributed by atoms with van der Waals surface area (Å²) < 4.78 is 10.6. The van der Waals surface area contributed by atoms with Crippen LogP contribution in [0, 0.1) is 6.92 Å². The van der Waals surface area contributed by atoms with Gasteiger partial charge < -0.3 is 14.1 Å². The largest absolute Gasteiger partial charge is 0.486 e. The van der Waals surface area contributed by atoms with Crippen LogP contribution in [0.1, 0.15) is 25.2 Å². The molecule has 1 aliphatic heterocycles. The van der Waals surface area contributed by atoms with Gasteiger partial charge in [0.25, 0.3) is 0 Å². The number of carbonyl (C=O) groups excluding carboxylic acids is 1. The van der Waals surface area contributed by atoms with E-state index in [1.165, 1.54) is 11.0 Å². The van der Waals surface area contributed by atoms with Crippen LogP contribution in [0.5, 0.6) is 5.75 Å². The van der Waals surface area contributed by atoms with Crippen molar-refractivity contribution in [1.29, 1.82) is 0 Å². The third-order valence-corrected chi connectivity index (χ3v) is 5.04. The molecule has 0 saturated carbocycles. The topological polar surface area (TPSA) is 59.8 Å². The third kappa shape index (κ3) is 4.91. The number of amides is 1. The molecule has 0 spiro atoms. The molecule has 26 heavy (non-hydrogen) atoms. The SMILES string of the molecule is Cc1cc(OC2CN(C(=O)Cc3ccc(SC(C)C)cc3)C2)cc(=O)o1. The lowest BCUT2D eigenvalue weighted by Gasteiger charge is -2.39. The molecule has 0 atom stereocenters. The van der Waals surface area contributed by atoms with Crippen molar-refractivity contribution in [2.75, 3.05) is 13.1 Å².